The lowest BCUT2D eigenvalue weighted by Gasteiger charge is -2.29. The number of anilines is 1. The molecule has 0 saturated heterocycles. The maximum atomic E-state index is 11.8. The molecule has 0 aromatic heterocycles. The average Bonchev–Trinajstić information content (AvgIpc) is 2.48. The van der Waals surface area contributed by atoms with Gasteiger partial charge in [0.15, 0.2) is 0 Å². The van der Waals surface area contributed by atoms with Crippen molar-refractivity contribution in [2.24, 2.45) is 5.92 Å². The molecule has 1 saturated carbocycles. The van der Waals surface area contributed by atoms with Gasteiger partial charge in [-0.15, -0.1) is 0 Å². The van der Waals surface area contributed by atoms with Crippen LogP contribution in [0.1, 0.15) is 32.6 Å². The van der Waals surface area contributed by atoms with E-state index in [4.69, 9.17) is 4.74 Å². The first kappa shape index (κ1) is 15.3. The maximum Gasteiger partial charge on any atom is 0.308 e. The summed E-state index contributed by atoms with van der Waals surface area (Å²) in [7, 11) is 0. The molecule has 0 amide bonds. The second kappa shape index (κ2) is 7.06. The summed E-state index contributed by atoms with van der Waals surface area (Å²) in [5.74, 6) is -0.210. The molecular weight excluding hydrogens is 272 g/mol. The third-order valence-electron chi connectivity index (χ3n) is 3.72. The minimum atomic E-state index is -0.409. The molecule has 1 aliphatic carbocycles. The number of nitrogens with zero attached hydrogens (tertiary/aromatic N) is 1. The Labute approximate surface area is 123 Å². The Morgan fingerprint density at radius 1 is 1.48 bits per heavy atom. The van der Waals surface area contributed by atoms with E-state index in [1.54, 1.807) is 19.1 Å². The van der Waals surface area contributed by atoms with Crippen LogP contribution in [0.15, 0.2) is 24.3 Å². The largest absolute Gasteiger partial charge is 0.466 e. The summed E-state index contributed by atoms with van der Waals surface area (Å²) in [6.45, 7) is 2.21. The fraction of sp³-hybridized carbons (Fsp3) is 0.533. The number of ether oxygens (including phenoxy) is 1. The lowest BCUT2D eigenvalue weighted by Crippen LogP contribution is -2.32. The fourth-order valence-electron chi connectivity index (χ4n) is 2.74. The number of rotatable bonds is 5. The van der Waals surface area contributed by atoms with Crippen LogP contribution in [-0.4, -0.2) is 23.5 Å². The van der Waals surface area contributed by atoms with E-state index in [0.29, 0.717) is 13.0 Å². The van der Waals surface area contributed by atoms with Gasteiger partial charge < -0.3 is 10.1 Å². The van der Waals surface area contributed by atoms with E-state index in [9.17, 15) is 14.9 Å². The summed E-state index contributed by atoms with van der Waals surface area (Å²) in [6, 6.07) is 6.60. The van der Waals surface area contributed by atoms with Gasteiger partial charge in [0, 0.05) is 23.9 Å². The minimum absolute atomic E-state index is 0.0674. The van der Waals surface area contributed by atoms with Crippen LogP contribution in [0.4, 0.5) is 11.4 Å². The minimum Gasteiger partial charge on any atom is -0.466 e. The Balaban J connectivity index is 1.97. The maximum absolute atomic E-state index is 11.8. The number of benzene rings is 1. The van der Waals surface area contributed by atoms with Crippen LogP contribution in [0.25, 0.3) is 0 Å². The van der Waals surface area contributed by atoms with Gasteiger partial charge in [-0.05, 0) is 32.3 Å². The summed E-state index contributed by atoms with van der Waals surface area (Å²) in [5, 5.41) is 14.1. The van der Waals surface area contributed by atoms with E-state index in [0.717, 1.165) is 24.9 Å². The van der Waals surface area contributed by atoms with Gasteiger partial charge in [-0.3, -0.25) is 14.9 Å². The monoisotopic (exact) mass is 292 g/mol. The van der Waals surface area contributed by atoms with Crippen molar-refractivity contribution in [3.8, 4) is 0 Å². The van der Waals surface area contributed by atoms with Gasteiger partial charge in [-0.1, -0.05) is 12.5 Å². The van der Waals surface area contributed by atoms with Gasteiger partial charge in [0.1, 0.15) is 0 Å². The van der Waals surface area contributed by atoms with Gasteiger partial charge in [0.05, 0.1) is 17.4 Å². The molecule has 0 spiro atoms. The molecule has 1 N–H and O–H groups in total. The number of carbonyl (C=O) groups is 1. The predicted octanol–water partition coefficient (Wildman–Crippen LogP) is 3.13. The number of nitro groups is 1. The number of hydrogen-bond donors (Lipinski definition) is 1. The second-order valence-corrected chi connectivity index (χ2v) is 5.26. The van der Waals surface area contributed by atoms with E-state index >= 15 is 0 Å². The first-order chi connectivity index (χ1) is 10.1. The molecule has 0 aliphatic heterocycles. The number of nitrogens with one attached hydrogen (secondary N) is 1. The Morgan fingerprint density at radius 3 is 3.00 bits per heavy atom. The lowest BCUT2D eigenvalue weighted by atomic mass is 9.85. The molecule has 1 aromatic rings. The zero-order valence-electron chi connectivity index (χ0n) is 12.1. The van der Waals surface area contributed by atoms with Crippen molar-refractivity contribution in [3.05, 3.63) is 34.4 Å². The molecule has 1 aliphatic rings. The molecule has 2 rings (SSSR count). The molecule has 114 valence electrons. The second-order valence-electron chi connectivity index (χ2n) is 5.26. The van der Waals surface area contributed by atoms with Crippen molar-refractivity contribution >= 4 is 17.3 Å². The van der Waals surface area contributed by atoms with E-state index in [1.165, 1.54) is 12.1 Å². The van der Waals surface area contributed by atoms with Crippen molar-refractivity contribution in [2.45, 2.75) is 38.6 Å². The van der Waals surface area contributed by atoms with Crippen LogP contribution in [0.3, 0.4) is 0 Å². The van der Waals surface area contributed by atoms with Crippen molar-refractivity contribution in [1.82, 2.24) is 0 Å². The quantitative estimate of drug-likeness (QED) is 0.512. The molecule has 2 unspecified atom stereocenters. The van der Waals surface area contributed by atoms with Gasteiger partial charge in [0.25, 0.3) is 5.69 Å². The normalized spacial score (nSPS) is 21.6. The topological polar surface area (TPSA) is 81.5 Å². The third-order valence-corrected chi connectivity index (χ3v) is 3.72. The number of hydrogen-bond acceptors (Lipinski definition) is 5. The summed E-state index contributed by atoms with van der Waals surface area (Å²) in [5.41, 5.74) is 0.788. The van der Waals surface area contributed by atoms with Crippen LogP contribution in [0.5, 0.6) is 0 Å². The van der Waals surface area contributed by atoms with Crippen molar-refractivity contribution in [1.29, 1.82) is 0 Å². The summed E-state index contributed by atoms with van der Waals surface area (Å²) < 4.78 is 5.07. The zero-order chi connectivity index (χ0) is 15.2. The Bertz CT molecular complexity index is 518. The van der Waals surface area contributed by atoms with Crippen LogP contribution < -0.4 is 5.32 Å². The highest BCUT2D eigenvalue weighted by Crippen LogP contribution is 2.28. The highest BCUT2D eigenvalue weighted by atomic mass is 16.6. The number of esters is 1. The lowest BCUT2D eigenvalue weighted by molar-refractivity contribution is -0.384. The molecular formula is C15H20N2O4. The zero-order valence-corrected chi connectivity index (χ0v) is 12.1. The van der Waals surface area contributed by atoms with Crippen LogP contribution >= 0.6 is 0 Å². The van der Waals surface area contributed by atoms with Gasteiger partial charge >= 0.3 is 5.97 Å². The van der Waals surface area contributed by atoms with Crippen LogP contribution in [-0.2, 0) is 9.53 Å². The molecule has 1 aromatic carbocycles. The Kier molecular flexibility index (Phi) is 5.14. The van der Waals surface area contributed by atoms with Gasteiger partial charge in [0.2, 0.25) is 0 Å². The molecule has 0 radical (unpaired) electrons. The molecule has 1 fully saturated rings. The first-order valence-corrected chi connectivity index (χ1v) is 7.27. The van der Waals surface area contributed by atoms with E-state index in [1.807, 2.05) is 0 Å². The standard InChI is InChI=1S/C15H20N2O4/c1-2-21-15(18)11-5-3-6-12(9-11)16-13-7-4-8-14(10-13)17(19)20/h4,7-8,10-12,16H,2-3,5-6,9H2,1H3. The molecule has 6 nitrogen and oxygen atoms in total. The highest BCUT2D eigenvalue weighted by Gasteiger charge is 2.28. The first-order valence-electron chi connectivity index (χ1n) is 7.27. The average molecular weight is 292 g/mol. The molecule has 0 heterocycles. The number of non-ortho nitro benzene ring substituents is 1. The number of nitro benzene ring substituents is 1. The van der Waals surface area contributed by atoms with Gasteiger partial charge in [-0.25, -0.2) is 0 Å². The fourth-order valence-corrected chi connectivity index (χ4v) is 2.74. The number of carbonyl (C=O) groups excluding carboxylic acids is 1. The van der Waals surface area contributed by atoms with Crippen molar-refractivity contribution in [2.75, 3.05) is 11.9 Å². The van der Waals surface area contributed by atoms with Crippen LogP contribution in [0, 0.1) is 16.0 Å². The SMILES string of the molecule is CCOC(=O)C1CCCC(Nc2cccc([N+](=O)[O-])c2)C1. The van der Waals surface area contributed by atoms with E-state index in [2.05, 4.69) is 5.32 Å². The summed E-state index contributed by atoms with van der Waals surface area (Å²) >= 11 is 0. The molecule has 21 heavy (non-hydrogen) atoms. The summed E-state index contributed by atoms with van der Waals surface area (Å²) in [4.78, 5) is 22.2. The molecule has 6 heteroatoms. The van der Waals surface area contributed by atoms with E-state index in [-0.39, 0.29) is 23.6 Å². The molecule has 2 atom stereocenters. The van der Waals surface area contributed by atoms with Crippen molar-refractivity contribution < 1.29 is 14.5 Å². The third kappa shape index (κ3) is 4.18. The smallest absolute Gasteiger partial charge is 0.308 e. The molecule has 0 bridgehead atoms. The van der Waals surface area contributed by atoms with Crippen LogP contribution in [0.2, 0.25) is 0 Å². The highest BCUT2D eigenvalue weighted by molar-refractivity contribution is 5.72. The Hall–Kier alpha value is -2.11. The predicted molar refractivity (Wildman–Crippen MR) is 79.1 cm³/mol. The van der Waals surface area contributed by atoms with Gasteiger partial charge in [-0.2, -0.15) is 0 Å². The van der Waals surface area contributed by atoms with E-state index < -0.39 is 4.92 Å². The Morgan fingerprint density at radius 2 is 2.29 bits per heavy atom. The van der Waals surface area contributed by atoms with Crippen molar-refractivity contribution in [3.63, 3.8) is 0 Å². The summed E-state index contributed by atoms with van der Waals surface area (Å²) in [6.07, 6.45) is 3.47.